The lowest BCUT2D eigenvalue weighted by Gasteiger charge is -1.98. The van der Waals surface area contributed by atoms with Crippen molar-refractivity contribution >= 4 is 23.2 Å². The van der Waals surface area contributed by atoms with E-state index in [4.69, 9.17) is 5.11 Å². The highest BCUT2D eigenvalue weighted by atomic mass is 32.1. The highest BCUT2D eigenvalue weighted by Gasteiger charge is 2.13. The highest BCUT2D eigenvalue weighted by Crippen LogP contribution is 2.16. The molecule has 0 aromatic carbocycles. The van der Waals surface area contributed by atoms with Gasteiger partial charge in [-0.25, -0.2) is 4.79 Å². The van der Waals surface area contributed by atoms with Gasteiger partial charge in [-0.1, -0.05) is 5.16 Å². The summed E-state index contributed by atoms with van der Waals surface area (Å²) in [6, 6.07) is 2.84. The van der Waals surface area contributed by atoms with Crippen LogP contribution in [0.5, 0.6) is 0 Å². The minimum Gasteiger partial charge on any atom is -0.477 e. The molecule has 0 unspecified atom stereocenters. The van der Waals surface area contributed by atoms with Gasteiger partial charge in [0.05, 0.1) is 11.4 Å². The number of nitrogens with zero attached hydrogens (tertiary/aromatic N) is 2. The predicted molar refractivity (Wildman–Crippen MR) is 56.7 cm³/mol. The van der Waals surface area contributed by atoms with E-state index in [9.17, 15) is 9.59 Å². The molecule has 0 aliphatic heterocycles. The van der Waals surface area contributed by atoms with Gasteiger partial charge in [0.15, 0.2) is 5.82 Å². The van der Waals surface area contributed by atoms with Crippen LogP contribution in [0.2, 0.25) is 0 Å². The molecule has 0 atom stereocenters. The second-order valence-corrected chi connectivity index (χ2v) is 4.08. The standard InChI is InChI=1S/C9H7N3O4S/c13-8(10-3-7-11-4-16-12-7)5-1-2-6(17-5)9(14)15/h1-2,4H,3H2,(H,10,13)(H,14,15). The number of nitrogens with one attached hydrogen (secondary N) is 1. The number of carbonyl (C=O) groups excluding carboxylic acids is 1. The summed E-state index contributed by atoms with van der Waals surface area (Å²) in [6.07, 6.45) is 1.16. The molecule has 0 bridgehead atoms. The van der Waals surface area contributed by atoms with Gasteiger partial charge in [0.1, 0.15) is 4.88 Å². The van der Waals surface area contributed by atoms with E-state index in [1.54, 1.807) is 0 Å². The minimum atomic E-state index is -1.05. The lowest BCUT2D eigenvalue weighted by atomic mass is 10.4. The Labute approximate surface area is 99.1 Å². The van der Waals surface area contributed by atoms with Crippen molar-refractivity contribution in [3.63, 3.8) is 0 Å². The first-order chi connectivity index (χ1) is 8.16. The second-order valence-electron chi connectivity index (χ2n) is 3.00. The SMILES string of the molecule is O=C(O)c1ccc(C(=O)NCc2ncon2)s1. The molecule has 2 aromatic heterocycles. The molecule has 1 amide bonds. The third kappa shape index (κ3) is 2.67. The Morgan fingerprint density at radius 1 is 1.41 bits per heavy atom. The average molecular weight is 253 g/mol. The molecule has 8 heteroatoms. The Kier molecular flexibility index (Phi) is 3.15. The van der Waals surface area contributed by atoms with Gasteiger partial charge in [-0.3, -0.25) is 4.79 Å². The first kappa shape index (κ1) is 11.3. The molecule has 0 aliphatic carbocycles. The molecule has 0 saturated heterocycles. The summed E-state index contributed by atoms with van der Waals surface area (Å²) in [6.45, 7) is 0.135. The Morgan fingerprint density at radius 3 is 2.76 bits per heavy atom. The number of aromatic carboxylic acids is 1. The van der Waals surface area contributed by atoms with Crippen molar-refractivity contribution in [2.45, 2.75) is 6.54 Å². The Morgan fingerprint density at radius 2 is 2.18 bits per heavy atom. The molecule has 7 nitrogen and oxygen atoms in total. The van der Waals surface area contributed by atoms with Crippen LogP contribution in [-0.4, -0.2) is 27.1 Å². The monoisotopic (exact) mass is 253 g/mol. The van der Waals surface area contributed by atoms with Gasteiger partial charge in [-0.05, 0) is 12.1 Å². The molecule has 0 spiro atoms. The van der Waals surface area contributed by atoms with Crippen LogP contribution in [0.15, 0.2) is 23.0 Å². The number of hydrogen-bond acceptors (Lipinski definition) is 6. The van der Waals surface area contributed by atoms with Crippen LogP contribution in [-0.2, 0) is 6.54 Å². The zero-order chi connectivity index (χ0) is 12.3. The van der Waals surface area contributed by atoms with Gasteiger partial charge in [0, 0.05) is 0 Å². The number of amides is 1. The number of carboxylic acid groups (broad SMARTS) is 1. The topological polar surface area (TPSA) is 105 Å². The van der Waals surface area contributed by atoms with Crippen LogP contribution in [0.25, 0.3) is 0 Å². The number of hydrogen-bond donors (Lipinski definition) is 2. The average Bonchev–Trinajstić information content (AvgIpc) is 2.96. The number of carboxylic acids is 1. The van der Waals surface area contributed by atoms with Crippen LogP contribution < -0.4 is 5.32 Å². The van der Waals surface area contributed by atoms with E-state index in [-0.39, 0.29) is 17.3 Å². The van der Waals surface area contributed by atoms with Gasteiger partial charge in [0.2, 0.25) is 6.39 Å². The van der Waals surface area contributed by atoms with Crippen LogP contribution >= 0.6 is 11.3 Å². The molecule has 2 heterocycles. The normalized spacial score (nSPS) is 10.1. The van der Waals surface area contributed by atoms with Crippen LogP contribution in [0.3, 0.4) is 0 Å². The predicted octanol–water partition coefficient (Wildman–Crippen LogP) is 0.759. The summed E-state index contributed by atoms with van der Waals surface area (Å²) in [7, 11) is 0. The number of rotatable bonds is 4. The van der Waals surface area contributed by atoms with Gasteiger partial charge in [-0.2, -0.15) is 4.98 Å². The lowest BCUT2D eigenvalue weighted by Crippen LogP contribution is -2.22. The van der Waals surface area contributed by atoms with Crippen LogP contribution in [0.1, 0.15) is 25.2 Å². The van der Waals surface area contributed by atoms with E-state index in [1.165, 1.54) is 12.1 Å². The Bertz CT molecular complexity index is 534. The molecule has 88 valence electrons. The molecule has 2 N–H and O–H groups in total. The van der Waals surface area contributed by atoms with Crippen LogP contribution in [0.4, 0.5) is 0 Å². The number of thiophene rings is 1. The largest absolute Gasteiger partial charge is 0.477 e. The second kappa shape index (κ2) is 4.74. The zero-order valence-electron chi connectivity index (χ0n) is 8.41. The molecule has 2 aromatic rings. The van der Waals surface area contributed by atoms with E-state index >= 15 is 0 Å². The molecule has 0 radical (unpaired) electrons. The summed E-state index contributed by atoms with van der Waals surface area (Å²) >= 11 is 0.910. The number of aromatic nitrogens is 2. The van der Waals surface area contributed by atoms with Crippen molar-refractivity contribution in [2.24, 2.45) is 0 Å². The maximum atomic E-state index is 11.6. The molecule has 0 fully saturated rings. The third-order valence-corrected chi connectivity index (χ3v) is 2.93. The van der Waals surface area contributed by atoms with Crippen molar-refractivity contribution < 1.29 is 19.2 Å². The van der Waals surface area contributed by atoms with Gasteiger partial charge in [0.25, 0.3) is 5.91 Å². The fourth-order valence-electron chi connectivity index (χ4n) is 1.09. The molecular weight excluding hydrogens is 246 g/mol. The van der Waals surface area contributed by atoms with Crippen molar-refractivity contribution in [3.8, 4) is 0 Å². The molecule has 0 saturated carbocycles. The molecule has 2 rings (SSSR count). The van der Waals surface area contributed by atoms with Crippen molar-refractivity contribution in [1.82, 2.24) is 15.5 Å². The fraction of sp³-hybridized carbons (Fsp3) is 0.111. The summed E-state index contributed by atoms with van der Waals surface area (Å²) in [4.78, 5) is 26.4. The Hall–Kier alpha value is -2.22. The summed E-state index contributed by atoms with van der Waals surface area (Å²) < 4.78 is 4.50. The fourth-order valence-corrected chi connectivity index (χ4v) is 1.85. The zero-order valence-corrected chi connectivity index (χ0v) is 9.23. The minimum absolute atomic E-state index is 0.120. The van der Waals surface area contributed by atoms with Crippen molar-refractivity contribution in [3.05, 3.63) is 34.1 Å². The first-order valence-corrected chi connectivity index (χ1v) is 5.35. The van der Waals surface area contributed by atoms with E-state index in [1.807, 2.05) is 0 Å². The van der Waals surface area contributed by atoms with E-state index in [0.29, 0.717) is 10.7 Å². The molecular formula is C9H7N3O4S. The number of carbonyl (C=O) groups is 2. The van der Waals surface area contributed by atoms with Crippen molar-refractivity contribution in [1.29, 1.82) is 0 Å². The van der Waals surface area contributed by atoms with E-state index < -0.39 is 5.97 Å². The quantitative estimate of drug-likeness (QED) is 0.833. The summed E-state index contributed by atoms with van der Waals surface area (Å²) in [5.41, 5.74) is 0. The van der Waals surface area contributed by atoms with E-state index in [0.717, 1.165) is 17.7 Å². The smallest absolute Gasteiger partial charge is 0.345 e. The van der Waals surface area contributed by atoms with Gasteiger partial charge >= 0.3 is 5.97 Å². The first-order valence-electron chi connectivity index (χ1n) is 4.53. The third-order valence-electron chi connectivity index (χ3n) is 1.85. The maximum Gasteiger partial charge on any atom is 0.345 e. The highest BCUT2D eigenvalue weighted by molar-refractivity contribution is 7.15. The lowest BCUT2D eigenvalue weighted by molar-refractivity contribution is 0.0702. The van der Waals surface area contributed by atoms with Gasteiger partial charge in [-0.15, -0.1) is 11.3 Å². The maximum absolute atomic E-state index is 11.6. The van der Waals surface area contributed by atoms with Gasteiger partial charge < -0.3 is 14.9 Å². The van der Waals surface area contributed by atoms with Crippen molar-refractivity contribution in [2.75, 3.05) is 0 Å². The van der Waals surface area contributed by atoms with E-state index in [2.05, 4.69) is 20.0 Å². The van der Waals surface area contributed by atoms with Crippen LogP contribution in [0, 0.1) is 0 Å². The molecule has 0 aliphatic rings. The Balaban J connectivity index is 1.97. The summed E-state index contributed by atoms with van der Waals surface area (Å²) in [5.74, 6) is -1.06. The summed E-state index contributed by atoms with van der Waals surface area (Å²) in [5, 5.41) is 14.8. The molecule has 17 heavy (non-hydrogen) atoms.